The molecule has 0 aliphatic carbocycles. The zero-order valence-electron chi connectivity index (χ0n) is 16.5. The van der Waals surface area contributed by atoms with E-state index in [0.29, 0.717) is 28.5 Å². The zero-order valence-corrected chi connectivity index (χ0v) is 16.5. The third-order valence-corrected chi connectivity index (χ3v) is 5.14. The summed E-state index contributed by atoms with van der Waals surface area (Å²) < 4.78 is 0. The van der Waals surface area contributed by atoms with Gasteiger partial charge in [0.25, 0.3) is 5.69 Å². The number of hydrogen-bond acceptors (Lipinski definition) is 7. The lowest BCUT2D eigenvalue weighted by Gasteiger charge is -2.14. The predicted octanol–water partition coefficient (Wildman–Crippen LogP) is 3.63. The zero-order chi connectivity index (χ0) is 22.1. The maximum absolute atomic E-state index is 12.9. The van der Waals surface area contributed by atoms with Gasteiger partial charge in [-0.15, -0.1) is 10.2 Å². The van der Waals surface area contributed by atoms with Crippen LogP contribution in [0.2, 0.25) is 0 Å². The summed E-state index contributed by atoms with van der Waals surface area (Å²) in [5.74, 6) is -0.615. The van der Waals surface area contributed by atoms with Gasteiger partial charge < -0.3 is 5.32 Å². The number of aromatic amines is 1. The van der Waals surface area contributed by atoms with Crippen molar-refractivity contribution >= 4 is 28.7 Å². The molecule has 2 N–H and O–H groups in total. The maximum atomic E-state index is 12.9. The van der Waals surface area contributed by atoms with E-state index in [9.17, 15) is 14.9 Å². The molecule has 1 amide bonds. The van der Waals surface area contributed by atoms with Crippen LogP contribution in [0, 0.1) is 10.1 Å². The van der Waals surface area contributed by atoms with Crippen LogP contribution in [0.4, 0.5) is 17.1 Å². The number of anilines is 1. The molecule has 0 saturated carbocycles. The van der Waals surface area contributed by atoms with Crippen LogP contribution in [0.15, 0.2) is 77.8 Å². The maximum Gasteiger partial charge on any atom is 0.269 e. The number of nitrogens with one attached hydrogen (secondary N) is 2. The number of amides is 1. The molecule has 5 rings (SSSR count). The molecule has 1 aliphatic heterocycles. The third kappa shape index (κ3) is 3.49. The predicted molar refractivity (Wildman–Crippen MR) is 117 cm³/mol. The first-order valence-electron chi connectivity index (χ1n) is 9.67. The van der Waals surface area contributed by atoms with Crippen molar-refractivity contribution in [3.63, 3.8) is 0 Å². The number of nitro groups is 1. The van der Waals surface area contributed by atoms with Gasteiger partial charge in [-0.05, 0) is 41.1 Å². The number of aromatic nitrogens is 4. The Hall–Kier alpha value is -4.73. The summed E-state index contributed by atoms with van der Waals surface area (Å²) in [5.41, 5.74) is 3.60. The first-order valence-corrected chi connectivity index (χ1v) is 9.67. The van der Waals surface area contributed by atoms with E-state index in [0.717, 1.165) is 11.1 Å². The van der Waals surface area contributed by atoms with Crippen molar-refractivity contribution in [1.29, 1.82) is 0 Å². The molecule has 0 spiro atoms. The van der Waals surface area contributed by atoms with Gasteiger partial charge in [0.15, 0.2) is 0 Å². The summed E-state index contributed by atoms with van der Waals surface area (Å²) in [7, 11) is 0. The summed E-state index contributed by atoms with van der Waals surface area (Å²) in [6, 6.07) is 20.8. The fraction of sp³-hybridized carbons (Fsp3) is 0.0455. The molecule has 0 radical (unpaired) electrons. The van der Waals surface area contributed by atoms with E-state index in [1.54, 1.807) is 30.3 Å². The minimum absolute atomic E-state index is 0.0814. The van der Waals surface area contributed by atoms with E-state index < -0.39 is 10.8 Å². The molecule has 3 aromatic carbocycles. The molecule has 2 heterocycles. The summed E-state index contributed by atoms with van der Waals surface area (Å²) in [6.45, 7) is 0. The molecule has 4 aromatic rings. The normalized spacial score (nSPS) is 15.3. The first-order chi connectivity index (χ1) is 15.6. The Labute approximate surface area is 181 Å². The number of H-pyrrole nitrogens is 1. The molecular weight excluding hydrogens is 410 g/mol. The number of carbonyl (C=O) groups is 1. The largest absolute Gasteiger partial charge is 0.325 e. The summed E-state index contributed by atoms with van der Waals surface area (Å²) in [4.78, 5) is 28.5. The number of hydrogen-bond donors (Lipinski definition) is 2. The Morgan fingerprint density at radius 2 is 1.81 bits per heavy atom. The number of benzene rings is 3. The lowest BCUT2D eigenvalue weighted by molar-refractivity contribution is -0.384. The highest BCUT2D eigenvalue weighted by Gasteiger charge is 2.36. The number of rotatable bonds is 5. The number of nitrogens with zero attached hydrogens (tertiary/aromatic N) is 5. The average Bonchev–Trinajstić information content (AvgIpc) is 3.46. The molecule has 0 saturated heterocycles. The Kier molecular flexibility index (Phi) is 4.71. The topological polar surface area (TPSA) is 139 Å². The van der Waals surface area contributed by atoms with Crippen LogP contribution < -0.4 is 5.32 Å². The van der Waals surface area contributed by atoms with E-state index >= 15 is 0 Å². The highest BCUT2D eigenvalue weighted by Crippen LogP contribution is 2.38. The van der Waals surface area contributed by atoms with Crippen molar-refractivity contribution in [2.45, 2.75) is 5.92 Å². The van der Waals surface area contributed by atoms with Gasteiger partial charge in [0.1, 0.15) is 5.92 Å². The minimum atomic E-state index is -0.788. The second-order valence-corrected chi connectivity index (χ2v) is 7.10. The Bertz CT molecular complexity index is 1330. The smallest absolute Gasteiger partial charge is 0.269 e. The van der Waals surface area contributed by atoms with E-state index in [2.05, 4.69) is 25.9 Å². The van der Waals surface area contributed by atoms with E-state index in [1.165, 1.54) is 12.1 Å². The van der Waals surface area contributed by atoms with Crippen LogP contribution in [-0.2, 0) is 4.79 Å². The number of non-ortho nitro benzene ring substituents is 1. The van der Waals surface area contributed by atoms with Crippen LogP contribution in [0.1, 0.15) is 17.0 Å². The Morgan fingerprint density at radius 1 is 1.03 bits per heavy atom. The highest BCUT2D eigenvalue weighted by atomic mass is 16.6. The van der Waals surface area contributed by atoms with Gasteiger partial charge in [0, 0.05) is 28.9 Å². The second-order valence-electron chi connectivity index (χ2n) is 7.10. The van der Waals surface area contributed by atoms with Crippen LogP contribution in [-0.4, -0.2) is 37.2 Å². The van der Waals surface area contributed by atoms with Crippen molar-refractivity contribution in [3.8, 4) is 11.4 Å². The van der Waals surface area contributed by atoms with Gasteiger partial charge >= 0.3 is 0 Å². The second kappa shape index (κ2) is 7.84. The molecular formula is C22H15N7O3. The lowest BCUT2D eigenvalue weighted by Crippen LogP contribution is -2.22. The highest BCUT2D eigenvalue weighted by molar-refractivity contribution is 6.24. The van der Waals surface area contributed by atoms with Crippen LogP contribution in [0.25, 0.3) is 11.4 Å². The van der Waals surface area contributed by atoms with Crippen molar-refractivity contribution in [1.82, 2.24) is 20.6 Å². The quantitative estimate of drug-likeness (QED) is 0.284. The fourth-order valence-electron chi connectivity index (χ4n) is 3.65. The Balaban J connectivity index is 1.61. The van der Waals surface area contributed by atoms with E-state index in [1.807, 2.05) is 30.3 Å². The van der Waals surface area contributed by atoms with Crippen LogP contribution in [0.3, 0.4) is 0 Å². The van der Waals surface area contributed by atoms with E-state index in [4.69, 9.17) is 4.99 Å². The SMILES string of the molecule is O=C1Nc2ccc([N+](=O)[O-])cc2C1C(=Nc1ccc(-c2nn[nH]n2)cc1)c1ccccc1. The molecule has 156 valence electrons. The molecule has 32 heavy (non-hydrogen) atoms. The number of carbonyl (C=O) groups excluding carboxylic acids is 1. The van der Waals surface area contributed by atoms with Gasteiger partial charge in [-0.2, -0.15) is 5.21 Å². The fourth-order valence-corrected chi connectivity index (χ4v) is 3.65. The standard InChI is InChI=1S/C22H15N7O3/c30-22-19(17-12-16(29(31)32)10-11-18(17)24-22)20(13-4-2-1-3-5-13)23-15-8-6-14(7-9-15)21-25-27-28-26-21/h1-12,19H,(H,24,30)(H,25,26,27,28). The van der Waals surface area contributed by atoms with Crippen molar-refractivity contribution in [2.24, 2.45) is 4.99 Å². The van der Waals surface area contributed by atoms with Gasteiger partial charge in [0.05, 0.1) is 16.3 Å². The molecule has 10 heteroatoms. The van der Waals surface area contributed by atoms with Gasteiger partial charge in [0.2, 0.25) is 11.7 Å². The molecule has 1 aliphatic rings. The summed E-state index contributed by atoms with van der Waals surface area (Å²) in [6.07, 6.45) is 0. The third-order valence-electron chi connectivity index (χ3n) is 5.14. The summed E-state index contributed by atoms with van der Waals surface area (Å²) in [5, 5.41) is 28.0. The number of tetrazole rings is 1. The van der Waals surface area contributed by atoms with Gasteiger partial charge in [-0.25, -0.2) is 0 Å². The summed E-state index contributed by atoms with van der Waals surface area (Å²) >= 11 is 0. The van der Waals surface area contributed by atoms with Crippen molar-refractivity contribution in [3.05, 3.63) is 94.0 Å². The van der Waals surface area contributed by atoms with Crippen LogP contribution >= 0.6 is 0 Å². The first kappa shape index (κ1) is 19.2. The molecule has 1 unspecified atom stereocenters. The lowest BCUT2D eigenvalue weighted by atomic mass is 9.90. The monoisotopic (exact) mass is 425 g/mol. The van der Waals surface area contributed by atoms with Crippen molar-refractivity contribution < 1.29 is 9.72 Å². The van der Waals surface area contributed by atoms with E-state index in [-0.39, 0.29) is 11.6 Å². The molecule has 0 fully saturated rings. The number of nitro benzene ring substituents is 1. The van der Waals surface area contributed by atoms with Gasteiger partial charge in [-0.1, -0.05) is 30.3 Å². The van der Waals surface area contributed by atoms with Crippen LogP contribution in [0.5, 0.6) is 0 Å². The number of aliphatic imine (C=N–C) groups is 1. The molecule has 10 nitrogen and oxygen atoms in total. The molecule has 1 aromatic heterocycles. The molecule has 0 bridgehead atoms. The van der Waals surface area contributed by atoms with Crippen molar-refractivity contribution in [2.75, 3.05) is 5.32 Å². The number of fused-ring (bicyclic) bond motifs is 1. The minimum Gasteiger partial charge on any atom is -0.325 e. The van der Waals surface area contributed by atoms with Gasteiger partial charge in [-0.3, -0.25) is 19.9 Å². The Morgan fingerprint density at radius 3 is 2.50 bits per heavy atom. The average molecular weight is 425 g/mol. The molecule has 1 atom stereocenters.